The molecule has 1 saturated carbocycles. The molecular weight excluding hydrogens is 214 g/mol. The second-order valence-electron chi connectivity index (χ2n) is 4.89. The van der Waals surface area contributed by atoms with Crippen LogP contribution >= 0.6 is 0 Å². The van der Waals surface area contributed by atoms with E-state index >= 15 is 0 Å². The summed E-state index contributed by atoms with van der Waals surface area (Å²) < 4.78 is 5.12. The maximum Gasteiger partial charge on any atom is 0.163 e. The third-order valence-electron chi connectivity index (χ3n) is 3.77. The molecule has 0 heterocycles. The van der Waals surface area contributed by atoms with E-state index in [4.69, 9.17) is 10.5 Å². The summed E-state index contributed by atoms with van der Waals surface area (Å²) in [6.45, 7) is 0.614. The number of carbonyl (C=O) groups excluding carboxylic acids is 1. The van der Waals surface area contributed by atoms with Crippen LogP contribution in [-0.4, -0.2) is 19.4 Å². The van der Waals surface area contributed by atoms with Gasteiger partial charge in [0.2, 0.25) is 0 Å². The number of Topliss-reactive ketones (excluding diaryl/α,β-unsaturated/α-hetero) is 1. The van der Waals surface area contributed by atoms with Crippen molar-refractivity contribution in [3.8, 4) is 5.75 Å². The average molecular weight is 233 g/mol. The fourth-order valence-corrected chi connectivity index (χ4v) is 2.37. The van der Waals surface area contributed by atoms with Crippen LogP contribution in [0.4, 0.5) is 0 Å². The molecule has 0 spiro atoms. The summed E-state index contributed by atoms with van der Waals surface area (Å²) in [5, 5.41) is 0. The standard InChI is InChI=1S/C14H19NO2/c1-17-12-5-2-4-11(8-12)13(16)9-14(10-15)6-3-7-14/h2,4-5,8H,3,6-7,9-10,15H2,1H3. The Bertz CT molecular complexity index is 405. The van der Waals surface area contributed by atoms with Gasteiger partial charge in [-0.05, 0) is 36.9 Å². The number of rotatable bonds is 5. The highest BCUT2D eigenvalue weighted by Crippen LogP contribution is 2.43. The van der Waals surface area contributed by atoms with Gasteiger partial charge in [-0.25, -0.2) is 0 Å². The van der Waals surface area contributed by atoms with Gasteiger partial charge in [0.15, 0.2) is 5.78 Å². The van der Waals surface area contributed by atoms with Crippen LogP contribution in [0.5, 0.6) is 5.75 Å². The summed E-state index contributed by atoms with van der Waals surface area (Å²) in [5.41, 5.74) is 6.57. The number of carbonyl (C=O) groups is 1. The summed E-state index contributed by atoms with van der Waals surface area (Å²) in [5.74, 6) is 0.903. The summed E-state index contributed by atoms with van der Waals surface area (Å²) in [7, 11) is 1.61. The summed E-state index contributed by atoms with van der Waals surface area (Å²) >= 11 is 0. The molecule has 0 saturated heterocycles. The lowest BCUT2D eigenvalue weighted by atomic mass is 9.65. The highest BCUT2D eigenvalue weighted by atomic mass is 16.5. The molecular formula is C14H19NO2. The van der Waals surface area contributed by atoms with E-state index in [1.807, 2.05) is 18.2 Å². The maximum absolute atomic E-state index is 12.2. The molecule has 0 atom stereocenters. The first-order valence-corrected chi connectivity index (χ1v) is 6.06. The second kappa shape index (κ2) is 4.88. The molecule has 1 fully saturated rings. The van der Waals surface area contributed by atoms with E-state index in [-0.39, 0.29) is 11.2 Å². The van der Waals surface area contributed by atoms with Crippen LogP contribution in [0, 0.1) is 5.41 Å². The van der Waals surface area contributed by atoms with E-state index < -0.39 is 0 Å². The van der Waals surface area contributed by atoms with Gasteiger partial charge in [-0.3, -0.25) is 4.79 Å². The highest BCUT2D eigenvalue weighted by Gasteiger charge is 2.37. The van der Waals surface area contributed by atoms with Gasteiger partial charge in [0.05, 0.1) is 7.11 Å². The Morgan fingerprint density at radius 1 is 1.47 bits per heavy atom. The fraction of sp³-hybridized carbons (Fsp3) is 0.500. The van der Waals surface area contributed by atoms with E-state index in [0.29, 0.717) is 13.0 Å². The molecule has 0 radical (unpaired) electrons. The first-order chi connectivity index (χ1) is 8.19. The minimum absolute atomic E-state index is 0.0696. The van der Waals surface area contributed by atoms with Crippen molar-refractivity contribution in [3.05, 3.63) is 29.8 Å². The Morgan fingerprint density at radius 2 is 2.24 bits per heavy atom. The Hall–Kier alpha value is -1.35. The van der Waals surface area contributed by atoms with Crippen LogP contribution in [-0.2, 0) is 0 Å². The molecule has 3 heteroatoms. The van der Waals surface area contributed by atoms with Crippen molar-refractivity contribution in [1.29, 1.82) is 0 Å². The molecule has 0 amide bonds. The average Bonchev–Trinajstić information content (AvgIpc) is 2.33. The van der Waals surface area contributed by atoms with Crippen LogP contribution < -0.4 is 10.5 Å². The van der Waals surface area contributed by atoms with E-state index in [1.54, 1.807) is 13.2 Å². The third kappa shape index (κ3) is 2.50. The molecule has 1 aromatic rings. The highest BCUT2D eigenvalue weighted by molar-refractivity contribution is 5.96. The molecule has 2 N–H and O–H groups in total. The number of nitrogens with two attached hydrogens (primary N) is 1. The van der Waals surface area contributed by atoms with Gasteiger partial charge in [-0.1, -0.05) is 18.6 Å². The molecule has 92 valence electrons. The monoisotopic (exact) mass is 233 g/mol. The Labute approximate surface area is 102 Å². The second-order valence-corrected chi connectivity index (χ2v) is 4.89. The van der Waals surface area contributed by atoms with Crippen LogP contribution in [0.2, 0.25) is 0 Å². The van der Waals surface area contributed by atoms with Crippen LogP contribution in [0.15, 0.2) is 24.3 Å². The SMILES string of the molecule is COc1cccc(C(=O)CC2(CN)CCC2)c1. The molecule has 1 aliphatic carbocycles. The fourth-order valence-electron chi connectivity index (χ4n) is 2.37. The van der Waals surface area contributed by atoms with E-state index in [9.17, 15) is 4.79 Å². The molecule has 1 aliphatic rings. The van der Waals surface area contributed by atoms with Gasteiger partial charge in [-0.15, -0.1) is 0 Å². The van der Waals surface area contributed by atoms with Crippen molar-refractivity contribution >= 4 is 5.78 Å². The van der Waals surface area contributed by atoms with E-state index in [0.717, 1.165) is 24.2 Å². The molecule has 0 aromatic heterocycles. The third-order valence-corrected chi connectivity index (χ3v) is 3.77. The normalized spacial score (nSPS) is 17.3. The topological polar surface area (TPSA) is 52.3 Å². The number of ether oxygens (including phenoxy) is 1. The number of hydrogen-bond acceptors (Lipinski definition) is 3. The lowest BCUT2D eigenvalue weighted by Crippen LogP contribution is -2.39. The molecule has 0 aliphatic heterocycles. The number of ketones is 1. The van der Waals surface area contributed by atoms with Gasteiger partial charge >= 0.3 is 0 Å². The van der Waals surface area contributed by atoms with E-state index in [1.165, 1.54) is 6.42 Å². The van der Waals surface area contributed by atoms with Gasteiger partial charge in [0, 0.05) is 12.0 Å². The minimum atomic E-state index is 0.0696. The van der Waals surface area contributed by atoms with Crippen molar-refractivity contribution in [3.63, 3.8) is 0 Å². The van der Waals surface area contributed by atoms with Gasteiger partial charge in [-0.2, -0.15) is 0 Å². The molecule has 0 bridgehead atoms. The molecule has 2 rings (SSSR count). The van der Waals surface area contributed by atoms with Crippen molar-refractivity contribution in [2.45, 2.75) is 25.7 Å². The molecule has 17 heavy (non-hydrogen) atoms. The quantitative estimate of drug-likeness (QED) is 0.794. The van der Waals surface area contributed by atoms with E-state index in [2.05, 4.69) is 0 Å². The number of hydrogen-bond donors (Lipinski definition) is 1. The summed E-state index contributed by atoms with van der Waals surface area (Å²) in [4.78, 5) is 12.2. The number of benzene rings is 1. The molecule has 1 aromatic carbocycles. The first kappa shape index (κ1) is 12.1. The smallest absolute Gasteiger partial charge is 0.163 e. The first-order valence-electron chi connectivity index (χ1n) is 6.06. The lowest BCUT2D eigenvalue weighted by molar-refractivity contribution is 0.0785. The van der Waals surface area contributed by atoms with Gasteiger partial charge in [0.1, 0.15) is 5.75 Å². The Kier molecular flexibility index (Phi) is 3.48. The minimum Gasteiger partial charge on any atom is -0.497 e. The van der Waals surface area contributed by atoms with Crippen LogP contribution in [0.1, 0.15) is 36.0 Å². The van der Waals surface area contributed by atoms with Gasteiger partial charge in [0.25, 0.3) is 0 Å². The number of methoxy groups -OCH3 is 1. The Morgan fingerprint density at radius 3 is 2.76 bits per heavy atom. The predicted molar refractivity (Wildman–Crippen MR) is 67.3 cm³/mol. The van der Waals surface area contributed by atoms with Crippen molar-refractivity contribution < 1.29 is 9.53 Å². The molecule has 0 unspecified atom stereocenters. The van der Waals surface area contributed by atoms with Gasteiger partial charge < -0.3 is 10.5 Å². The lowest BCUT2D eigenvalue weighted by Gasteiger charge is -2.40. The van der Waals surface area contributed by atoms with Crippen LogP contribution in [0.3, 0.4) is 0 Å². The van der Waals surface area contributed by atoms with Crippen molar-refractivity contribution in [2.75, 3.05) is 13.7 Å². The zero-order valence-electron chi connectivity index (χ0n) is 10.2. The zero-order valence-corrected chi connectivity index (χ0v) is 10.2. The van der Waals surface area contributed by atoms with Crippen LogP contribution in [0.25, 0.3) is 0 Å². The zero-order chi connectivity index (χ0) is 12.3. The predicted octanol–water partition coefficient (Wildman–Crippen LogP) is 2.40. The Balaban J connectivity index is 2.08. The van der Waals surface area contributed by atoms with Crippen molar-refractivity contribution in [2.24, 2.45) is 11.1 Å². The summed E-state index contributed by atoms with van der Waals surface area (Å²) in [6, 6.07) is 7.33. The maximum atomic E-state index is 12.2. The largest absolute Gasteiger partial charge is 0.497 e. The summed E-state index contributed by atoms with van der Waals surface area (Å²) in [6.07, 6.45) is 3.93. The molecule has 3 nitrogen and oxygen atoms in total. The van der Waals surface area contributed by atoms with Crippen molar-refractivity contribution in [1.82, 2.24) is 0 Å².